The smallest absolute Gasteiger partial charge is 0.229 e. The van der Waals surface area contributed by atoms with Gasteiger partial charge in [0.25, 0.3) is 0 Å². The average Bonchev–Trinajstić information content (AvgIpc) is 3.17. The van der Waals surface area contributed by atoms with E-state index in [9.17, 15) is 9.59 Å². The summed E-state index contributed by atoms with van der Waals surface area (Å²) in [6.07, 6.45) is 4.44. The highest BCUT2D eigenvalue weighted by molar-refractivity contribution is 5.94. The Kier molecular flexibility index (Phi) is 5.75. The molecule has 2 unspecified atom stereocenters. The molecule has 7 heteroatoms. The number of amides is 2. The van der Waals surface area contributed by atoms with E-state index in [1.807, 2.05) is 68.7 Å². The van der Waals surface area contributed by atoms with Crippen LogP contribution in [0.5, 0.6) is 11.5 Å². The zero-order valence-electron chi connectivity index (χ0n) is 17.9. The summed E-state index contributed by atoms with van der Waals surface area (Å²) < 4.78 is 7.56. The minimum atomic E-state index is -0.352. The number of aromatic nitrogens is 2. The first kappa shape index (κ1) is 20.7. The van der Waals surface area contributed by atoms with Crippen molar-refractivity contribution in [3.8, 4) is 11.5 Å². The molecule has 0 spiro atoms. The zero-order valence-corrected chi connectivity index (χ0v) is 17.9. The van der Waals surface area contributed by atoms with Crippen molar-refractivity contribution in [1.82, 2.24) is 14.7 Å². The Morgan fingerprint density at radius 1 is 1.13 bits per heavy atom. The molecular weight excluding hydrogens is 392 g/mol. The quantitative estimate of drug-likeness (QED) is 0.678. The van der Waals surface area contributed by atoms with Crippen molar-refractivity contribution in [3.05, 3.63) is 72.1 Å². The van der Waals surface area contributed by atoms with Gasteiger partial charge >= 0.3 is 0 Å². The lowest BCUT2D eigenvalue weighted by atomic mass is 9.85. The number of anilines is 1. The number of nitrogens with zero attached hydrogens (tertiary/aromatic N) is 3. The van der Waals surface area contributed by atoms with Gasteiger partial charge in [0, 0.05) is 38.0 Å². The van der Waals surface area contributed by atoms with E-state index in [2.05, 4.69) is 10.4 Å². The van der Waals surface area contributed by atoms with Crippen molar-refractivity contribution in [1.29, 1.82) is 0 Å². The van der Waals surface area contributed by atoms with Crippen LogP contribution in [0.3, 0.4) is 0 Å². The monoisotopic (exact) mass is 418 g/mol. The van der Waals surface area contributed by atoms with Crippen LogP contribution in [0.2, 0.25) is 0 Å². The van der Waals surface area contributed by atoms with Crippen LogP contribution in [0.1, 0.15) is 30.0 Å². The van der Waals surface area contributed by atoms with E-state index < -0.39 is 0 Å². The minimum absolute atomic E-state index is 0.0375. The minimum Gasteiger partial charge on any atom is -0.457 e. The number of hydrogen-bond donors (Lipinski definition) is 1. The Hall–Kier alpha value is -3.61. The molecule has 2 amide bonds. The van der Waals surface area contributed by atoms with Gasteiger partial charge in [0.15, 0.2) is 0 Å². The third-order valence-corrected chi connectivity index (χ3v) is 5.61. The van der Waals surface area contributed by atoms with Gasteiger partial charge in [-0.25, -0.2) is 0 Å². The lowest BCUT2D eigenvalue weighted by molar-refractivity contribution is -0.140. The summed E-state index contributed by atoms with van der Waals surface area (Å²) in [5, 5.41) is 7.21. The normalized spacial score (nSPS) is 18.7. The zero-order chi connectivity index (χ0) is 22.0. The maximum atomic E-state index is 13.1. The Bertz CT molecular complexity index is 1090. The van der Waals surface area contributed by atoms with E-state index >= 15 is 0 Å². The Morgan fingerprint density at radius 3 is 2.58 bits per heavy atom. The number of likely N-dealkylation sites (tertiary alicyclic amines) is 1. The average molecular weight is 418 g/mol. The molecular formula is C24H26N4O3. The third kappa shape index (κ3) is 4.60. The van der Waals surface area contributed by atoms with Gasteiger partial charge in [0.2, 0.25) is 11.8 Å². The molecule has 1 aliphatic heterocycles. The lowest BCUT2D eigenvalue weighted by Crippen LogP contribution is -2.44. The highest BCUT2D eigenvalue weighted by atomic mass is 16.5. The topological polar surface area (TPSA) is 76.5 Å². The summed E-state index contributed by atoms with van der Waals surface area (Å²) in [7, 11) is 3.57. The molecule has 0 bridgehead atoms. The molecule has 160 valence electrons. The van der Waals surface area contributed by atoms with Crippen LogP contribution in [-0.4, -0.2) is 33.5 Å². The predicted octanol–water partition coefficient (Wildman–Crippen LogP) is 4.07. The summed E-state index contributed by atoms with van der Waals surface area (Å²) in [4.78, 5) is 27.0. The highest BCUT2D eigenvalue weighted by Crippen LogP contribution is 2.36. The van der Waals surface area contributed by atoms with Crippen molar-refractivity contribution in [2.75, 3.05) is 12.4 Å². The van der Waals surface area contributed by atoms with Crippen molar-refractivity contribution >= 4 is 17.5 Å². The summed E-state index contributed by atoms with van der Waals surface area (Å²) in [6, 6.07) is 14.8. The molecule has 1 saturated heterocycles. The number of carbonyl (C=O) groups is 2. The molecule has 1 aliphatic rings. The van der Waals surface area contributed by atoms with Crippen LogP contribution in [0.4, 0.5) is 5.69 Å². The first-order valence-electron chi connectivity index (χ1n) is 10.3. The number of rotatable bonds is 5. The molecule has 2 heterocycles. The van der Waals surface area contributed by atoms with E-state index in [1.54, 1.807) is 22.8 Å². The van der Waals surface area contributed by atoms with Gasteiger partial charge in [-0.15, -0.1) is 0 Å². The first-order valence-corrected chi connectivity index (χ1v) is 10.3. The summed E-state index contributed by atoms with van der Waals surface area (Å²) >= 11 is 0. The molecule has 31 heavy (non-hydrogen) atoms. The van der Waals surface area contributed by atoms with Crippen LogP contribution in [0.25, 0.3) is 0 Å². The highest BCUT2D eigenvalue weighted by Gasteiger charge is 2.39. The standard InChI is InChI=1S/C24H26N4O3/c1-16-5-4-6-20(13-16)31-19-9-7-18(8-10-19)26-24(30)21-11-12-22(29)28(3)23(21)17-14-25-27(2)15-17/h4-10,13-15,21,23H,11-12H2,1-3H3,(H,26,30). The number of piperidine rings is 1. The van der Waals surface area contributed by atoms with Gasteiger partial charge in [-0.05, 0) is 55.3 Å². The molecule has 1 N–H and O–H groups in total. The molecule has 2 aromatic carbocycles. The number of ether oxygens (including phenoxy) is 1. The van der Waals surface area contributed by atoms with Gasteiger partial charge in [-0.2, -0.15) is 5.10 Å². The van der Waals surface area contributed by atoms with Crippen molar-refractivity contribution in [2.45, 2.75) is 25.8 Å². The maximum absolute atomic E-state index is 13.1. The van der Waals surface area contributed by atoms with Crippen LogP contribution in [0, 0.1) is 12.8 Å². The second kappa shape index (κ2) is 8.63. The largest absolute Gasteiger partial charge is 0.457 e. The van der Waals surface area contributed by atoms with Crippen molar-refractivity contribution in [2.24, 2.45) is 13.0 Å². The molecule has 0 aliphatic carbocycles. The van der Waals surface area contributed by atoms with Crippen LogP contribution in [-0.2, 0) is 16.6 Å². The predicted molar refractivity (Wildman–Crippen MR) is 118 cm³/mol. The van der Waals surface area contributed by atoms with Gasteiger partial charge in [-0.3, -0.25) is 14.3 Å². The molecule has 3 aromatic rings. The van der Waals surface area contributed by atoms with Gasteiger partial charge in [0.1, 0.15) is 11.5 Å². The summed E-state index contributed by atoms with van der Waals surface area (Å²) in [6.45, 7) is 2.01. The molecule has 0 saturated carbocycles. The summed E-state index contributed by atoms with van der Waals surface area (Å²) in [5.41, 5.74) is 2.67. The van der Waals surface area contributed by atoms with E-state index in [0.717, 1.165) is 16.9 Å². The van der Waals surface area contributed by atoms with Crippen LogP contribution in [0.15, 0.2) is 60.9 Å². The number of benzene rings is 2. The Morgan fingerprint density at radius 2 is 1.90 bits per heavy atom. The fourth-order valence-corrected chi connectivity index (χ4v) is 4.02. The molecule has 4 rings (SSSR count). The molecule has 1 aromatic heterocycles. The first-order chi connectivity index (χ1) is 14.9. The second-order valence-electron chi connectivity index (χ2n) is 7.97. The SMILES string of the molecule is Cc1cccc(Oc2ccc(NC(=O)C3CCC(=O)N(C)C3c3cnn(C)c3)cc2)c1. The molecule has 1 fully saturated rings. The van der Waals surface area contributed by atoms with Gasteiger partial charge < -0.3 is 15.0 Å². The maximum Gasteiger partial charge on any atom is 0.229 e. The number of carbonyl (C=O) groups excluding carboxylic acids is 2. The second-order valence-corrected chi connectivity index (χ2v) is 7.97. The van der Waals surface area contributed by atoms with Crippen LogP contribution < -0.4 is 10.1 Å². The van der Waals surface area contributed by atoms with Gasteiger partial charge in [0.05, 0.1) is 18.2 Å². The van der Waals surface area contributed by atoms with Crippen LogP contribution >= 0.6 is 0 Å². The molecule has 7 nitrogen and oxygen atoms in total. The fourth-order valence-electron chi connectivity index (χ4n) is 4.02. The fraction of sp³-hybridized carbons (Fsp3) is 0.292. The molecule has 0 radical (unpaired) electrons. The van der Waals surface area contributed by atoms with E-state index in [1.165, 1.54) is 0 Å². The lowest BCUT2D eigenvalue weighted by Gasteiger charge is -2.37. The van der Waals surface area contributed by atoms with Crippen molar-refractivity contribution in [3.63, 3.8) is 0 Å². The van der Waals surface area contributed by atoms with E-state index in [-0.39, 0.29) is 23.8 Å². The number of aryl methyl sites for hydroxylation is 2. The Balaban J connectivity index is 1.47. The molecule has 2 atom stereocenters. The Labute approximate surface area is 181 Å². The number of nitrogens with one attached hydrogen (secondary N) is 1. The van der Waals surface area contributed by atoms with Crippen molar-refractivity contribution < 1.29 is 14.3 Å². The number of hydrogen-bond acceptors (Lipinski definition) is 4. The van der Waals surface area contributed by atoms with E-state index in [0.29, 0.717) is 24.3 Å². The van der Waals surface area contributed by atoms with Gasteiger partial charge in [-0.1, -0.05) is 12.1 Å². The summed E-state index contributed by atoms with van der Waals surface area (Å²) in [5.74, 6) is 1.04. The van der Waals surface area contributed by atoms with E-state index in [4.69, 9.17) is 4.74 Å². The third-order valence-electron chi connectivity index (χ3n) is 5.61.